The summed E-state index contributed by atoms with van der Waals surface area (Å²) in [6, 6.07) is 0. The van der Waals surface area contributed by atoms with Crippen LogP contribution < -0.4 is 5.73 Å². The molecule has 76 valence electrons. The highest BCUT2D eigenvalue weighted by Gasteiger charge is 2.12. The average molecular weight is 192 g/mol. The van der Waals surface area contributed by atoms with Gasteiger partial charge in [0, 0.05) is 30.9 Å². The zero-order valence-electron chi connectivity index (χ0n) is 8.28. The van der Waals surface area contributed by atoms with Gasteiger partial charge in [0.15, 0.2) is 0 Å². The minimum Gasteiger partial charge on any atom is -0.399 e. The normalized spacial score (nSPS) is 22.7. The van der Waals surface area contributed by atoms with Crippen LogP contribution in [0.3, 0.4) is 0 Å². The Labute approximate surface area is 84.5 Å². The number of nitrogens with zero attached hydrogens (tertiary/aromatic N) is 1. The number of nitrogens with two attached hydrogens (primary N) is 1. The van der Waals surface area contributed by atoms with Crippen LogP contribution in [0.2, 0.25) is 0 Å². The molecule has 3 heteroatoms. The molecule has 2 aliphatic rings. The molecule has 0 atom stereocenters. The van der Waals surface area contributed by atoms with E-state index < -0.39 is 0 Å². The Morgan fingerprint density at radius 3 is 2.79 bits per heavy atom. The molecule has 0 aromatic heterocycles. The van der Waals surface area contributed by atoms with Gasteiger partial charge in [-0.1, -0.05) is 6.08 Å². The van der Waals surface area contributed by atoms with Crippen LogP contribution in [0.5, 0.6) is 0 Å². The Hall–Kier alpha value is -1.22. The van der Waals surface area contributed by atoms with Gasteiger partial charge >= 0.3 is 0 Å². The summed E-state index contributed by atoms with van der Waals surface area (Å²) >= 11 is 0. The molecule has 0 spiro atoms. The van der Waals surface area contributed by atoms with E-state index in [4.69, 9.17) is 10.5 Å². The van der Waals surface area contributed by atoms with Gasteiger partial charge in [0.25, 0.3) is 0 Å². The quantitative estimate of drug-likeness (QED) is 0.673. The van der Waals surface area contributed by atoms with Gasteiger partial charge in [-0.05, 0) is 18.2 Å². The molecule has 1 heterocycles. The van der Waals surface area contributed by atoms with Crippen LogP contribution in [0.15, 0.2) is 35.7 Å². The van der Waals surface area contributed by atoms with Gasteiger partial charge in [0.1, 0.15) is 0 Å². The lowest BCUT2D eigenvalue weighted by Gasteiger charge is -2.30. The van der Waals surface area contributed by atoms with E-state index in [9.17, 15) is 0 Å². The van der Waals surface area contributed by atoms with Gasteiger partial charge in [-0.25, -0.2) is 0 Å². The Kier molecular flexibility index (Phi) is 2.89. The lowest BCUT2D eigenvalue weighted by molar-refractivity contribution is 0.0528. The zero-order chi connectivity index (χ0) is 9.80. The SMILES string of the molecule is NC1=CC=C(N2CCOCC2)CC=C1. The van der Waals surface area contributed by atoms with Crippen molar-refractivity contribution in [3.05, 3.63) is 35.7 Å². The number of hydrogen-bond donors (Lipinski definition) is 1. The molecule has 0 aromatic carbocycles. The number of allylic oxidation sites excluding steroid dienone is 4. The molecule has 3 nitrogen and oxygen atoms in total. The summed E-state index contributed by atoms with van der Waals surface area (Å²) < 4.78 is 5.32. The van der Waals surface area contributed by atoms with Crippen molar-refractivity contribution in [2.24, 2.45) is 5.73 Å². The molecule has 0 bridgehead atoms. The lowest BCUT2D eigenvalue weighted by Crippen LogP contribution is -2.35. The Bertz CT molecular complexity index is 286. The van der Waals surface area contributed by atoms with Crippen molar-refractivity contribution in [2.75, 3.05) is 26.3 Å². The predicted molar refractivity (Wildman–Crippen MR) is 56.5 cm³/mol. The maximum absolute atomic E-state index is 5.71. The summed E-state index contributed by atoms with van der Waals surface area (Å²) in [5, 5.41) is 0. The minimum absolute atomic E-state index is 0.827. The van der Waals surface area contributed by atoms with E-state index in [0.29, 0.717) is 0 Å². The minimum atomic E-state index is 0.827. The third-order valence-electron chi connectivity index (χ3n) is 2.52. The Balaban J connectivity index is 2.06. The van der Waals surface area contributed by atoms with Crippen molar-refractivity contribution in [2.45, 2.75) is 6.42 Å². The number of morpholine rings is 1. The highest BCUT2D eigenvalue weighted by atomic mass is 16.5. The van der Waals surface area contributed by atoms with Crippen LogP contribution in [0.25, 0.3) is 0 Å². The van der Waals surface area contributed by atoms with Gasteiger partial charge < -0.3 is 15.4 Å². The summed E-state index contributed by atoms with van der Waals surface area (Å²) in [6.07, 6.45) is 9.12. The molecule has 0 unspecified atom stereocenters. The Morgan fingerprint density at radius 1 is 1.21 bits per heavy atom. The van der Waals surface area contributed by atoms with E-state index in [0.717, 1.165) is 38.4 Å². The van der Waals surface area contributed by atoms with Gasteiger partial charge in [-0.2, -0.15) is 0 Å². The predicted octanol–water partition coefficient (Wildman–Crippen LogP) is 1.00. The van der Waals surface area contributed by atoms with E-state index in [1.807, 2.05) is 12.2 Å². The first-order valence-electron chi connectivity index (χ1n) is 5.02. The number of hydrogen-bond acceptors (Lipinski definition) is 3. The molecule has 1 fully saturated rings. The first-order chi connectivity index (χ1) is 6.86. The molecule has 2 rings (SSSR count). The molecule has 0 amide bonds. The monoisotopic (exact) mass is 192 g/mol. The second-order valence-electron chi connectivity index (χ2n) is 3.53. The van der Waals surface area contributed by atoms with Crippen molar-refractivity contribution in [3.63, 3.8) is 0 Å². The van der Waals surface area contributed by atoms with Crippen LogP contribution in [0.4, 0.5) is 0 Å². The van der Waals surface area contributed by atoms with Crippen LogP contribution >= 0.6 is 0 Å². The van der Waals surface area contributed by atoms with Crippen molar-refractivity contribution in [1.82, 2.24) is 4.90 Å². The van der Waals surface area contributed by atoms with E-state index in [-0.39, 0.29) is 0 Å². The van der Waals surface area contributed by atoms with Gasteiger partial charge in [-0.15, -0.1) is 0 Å². The first kappa shape index (κ1) is 9.34. The third-order valence-corrected chi connectivity index (χ3v) is 2.52. The molecule has 14 heavy (non-hydrogen) atoms. The summed E-state index contributed by atoms with van der Waals surface area (Å²) in [6.45, 7) is 3.65. The smallest absolute Gasteiger partial charge is 0.0642 e. The Morgan fingerprint density at radius 2 is 2.00 bits per heavy atom. The van der Waals surface area contributed by atoms with Crippen molar-refractivity contribution in [3.8, 4) is 0 Å². The van der Waals surface area contributed by atoms with Gasteiger partial charge in [0.05, 0.1) is 13.2 Å². The molecule has 0 radical (unpaired) electrons. The average Bonchev–Trinajstić information content (AvgIpc) is 2.44. The van der Waals surface area contributed by atoms with E-state index in [2.05, 4.69) is 17.1 Å². The molecule has 1 saturated heterocycles. The van der Waals surface area contributed by atoms with E-state index >= 15 is 0 Å². The topological polar surface area (TPSA) is 38.5 Å². The lowest BCUT2D eigenvalue weighted by atomic mass is 10.2. The summed E-state index contributed by atoms with van der Waals surface area (Å²) in [5.41, 5.74) is 7.88. The molecule has 0 saturated carbocycles. The summed E-state index contributed by atoms with van der Waals surface area (Å²) in [4.78, 5) is 2.36. The molecule has 1 aliphatic heterocycles. The van der Waals surface area contributed by atoms with Gasteiger partial charge in [-0.3, -0.25) is 0 Å². The molecule has 1 aliphatic carbocycles. The van der Waals surface area contributed by atoms with Crippen LogP contribution in [-0.4, -0.2) is 31.2 Å². The van der Waals surface area contributed by atoms with Crippen LogP contribution in [0.1, 0.15) is 6.42 Å². The van der Waals surface area contributed by atoms with Crippen molar-refractivity contribution >= 4 is 0 Å². The standard InChI is InChI=1S/C11H16N2O/c12-10-2-1-3-11(5-4-10)13-6-8-14-9-7-13/h1-2,4-5H,3,6-9,12H2. The maximum Gasteiger partial charge on any atom is 0.0642 e. The largest absolute Gasteiger partial charge is 0.399 e. The highest BCUT2D eigenvalue weighted by Crippen LogP contribution is 2.15. The third kappa shape index (κ3) is 2.17. The fourth-order valence-corrected chi connectivity index (χ4v) is 1.72. The second-order valence-corrected chi connectivity index (χ2v) is 3.53. The molecule has 0 aromatic rings. The summed E-state index contributed by atoms with van der Waals surface area (Å²) in [5.74, 6) is 0. The second kappa shape index (κ2) is 4.33. The fourth-order valence-electron chi connectivity index (χ4n) is 1.72. The first-order valence-corrected chi connectivity index (χ1v) is 5.02. The van der Waals surface area contributed by atoms with Gasteiger partial charge in [0.2, 0.25) is 0 Å². The fraction of sp³-hybridized carbons (Fsp3) is 0.455. The number of rotatable bonds is 1. The molecule has 2 N–H and O–H groups in total. The molecular weight excluding hydrogens is 176 g/mol. The van der Waals surface area contributed by atoms with Crippen LogP contribution in [0, 0.1) is 0 Å². The maximum atomic E-state index is 5.71. The zero-order valence-corrected chi connectivity index (χ0v) is 8.28. The van der Waals surface area contributed by atoms with E-state index in [1.54, 1.807) is 0 Å². The van der Waals surface area contributed by atoms with Crippen molar-refractivity contribution < 1.29 is 4.74 Å². The highest BCUT2D eigenvalue weighted by molar-refractivity contribution is 5.28. The van der Waals surface area contributed by atoms with Crippen molar-refractivity contribution in [1.29, 1.82) is 0 Å². The molecular formula is C11H16N2O. The van der Waals surface area contributed by atoms with Crippen LogP contribution in [-0.2, 0) is 4.74 Å². The van der Waals surface area contributed by atoms with E-state index in [1.165, 1.54) is 5.70 Å². The number of ether oxygens (including phenoxy) is 1. The summed E-state index contributed by atoms with van der Waals surface area (Å²) in [7, 11) is 0.